The molecule has 2 amide bonds. The Bertz CT molecular complexity index is 1180. The molecule has 0 aliphatic carbocycles. The summed E-state index contributed by atoms with van der Waals surface area (Å²) in [6.07, 6.45) is 0.681. The van der Waals surface area contributed by atoms with Crippen molar-refractivity contribution in [1.82, 2.24) is 20.4 Å². The number of nitrogens with zero attached hydrogens (tertiary/aromatic N) is 3. The molecule has 0 bridgehead atoms. The number of para-hydroxylation sites is 1. The van der Waals surface area contributed by atoms with E-state index in [-0.39, 0.29) is 17.3 Å². The number of carbonyl (C=O) groups is 2. The van der Waals surface area contributed by atoms with E-state index in [0.29, 0.717) is 34.4 Å². The highest BCUT2D eigenvalue weighted by Gasteiger charge is 2.22. The summed E-state index contributed by atoms with van der Waals surface area (Å²) in [5, 5.41) is 12.1. The fraction of sp³-hybridized carbons (Fsp3) is 0.211. The molecule has 3 N–H and O–H groups in total. The predicted octanol–water partition coefficient (Wildman–Crippen LogP) is -0.389. The van der Waals surface area contributed by atoms with Crippen LogP contribution < -0.4 is 20.7 Å². The Hall–Kier alpha value is -3.96. The number of aryl methyl sites for hydroxylation is 1. The van der Waals surface area contributed by atoms with Crippen LogP contribution in [-0.4, -0.2) is 70.1 Å². The molecule has 0 aliphatic rings. The molecule has 2 aromatic heterocycles. The Morgan fingerprint density at radius 1 is 1.15 bits per heavy atom. The third-order valence-corrected chi connectivity index (χ3v) is 4.31. The quantitative estimate of drug-likeness (QED) is 0.413. The Balaban J connectivity index is 2.06. The molecule has 33 heavy (non-hydrogen) atoms. The minimum absolute atomic E-state index is 0.195. The molecule has 3 rings (SSSR count). The molecule has 168 valence electrons. The third kappa shape index (κ3) is 5.85. The molecular weight excluding hydrogens is 425 g/mol. The van der Waals surface area contributed by atoms with Crippen LogP contribution in [0.3, 0.4) is 0 Å². The number of amides is 2. The number of methoxy groups -OCH3 is 2. The van der Waals surface area contributed by atoms with Crippen LogP contribution in [0.15, 0.2) is 35.0 Å². The second-order valence-electron chi connectivity index (χ2n) is 8.08. The van der Waals surface area contributed by atoms with E-state index < -0.39 is 11.3 Å². The molecule has 0 saturated heterocycles. The van der Waals surface area contributed by atoms with Gasteiger partial charge in [-0.05, 0) is 17.4 Å². The van der Waals surface area contributed by atoms with Gasteiger partial charge in [0.25, 0.3) is 5.91 Å². The standard InChI is InChI=1S/C19H23B3N6O5/c1-9-24-16(28-33-9)10-5-4-6-12(15(10)31-2)25-13-7-14(26-18(30)32-3)23-8-11(13)17(29)27-19(20,21)22/h4-8H,20-22H2,1-3H3,(H,27,29)(H2,23,25,26,30). The number of hydrogen-bond donors (Lipinski definition) is 3. The predicted molar refractivity (Wildman–Crippen MR) is 130 cm³/mol. The molecule has 0 atom stereocenters. The summed E-state index contributed by atoms with van der Waals surface area (Å²) in [4.78, 5) is 33.0. The molecule has 14 heteroatoms. The van der Waals surface area contributed by atoms with Crippen molar-refractivity contribution >= 4 is 52.7 Å². The lowest BCUT2D eigenvalue weighted by atomic mass is 9.49. The van der Waals surface area contributed by atoms with Gasteiger partial charge in [0.15, 0.2) is 5.75 Å². The largest absolute Gasteiger partial charge is 0.494 e. The SMILES string of the molecule is BC(B)(B)NC(=O)c1cnc(NC(=O)OC)cc1Nc1cccc(-c2noc(C)n2)c1OC. The number of rotatable bonds is 7. The summed E-state index contributed by atoms with van der Waals surface area (Å²) in [6.45, 7) is 1.69. The highest BCUT2D eigenvalue weighted by Crippen LogP contribution is 2.37. The summed E-state index contributed by atoms with van der Waals surface area (Å²) in [6, 6.07) is 6.88. The van der Waals surface area contributed by atoms with Gasteiger partial charge in [0.05, 0.1) is 36.7 Å². The highest BCUT2D eigenvalue weighted by atomic mass is 16.5. The van der Waals surface area contributed by atoms with Gasteiger partial charge < -0.3 is 24.6 Å². The van der Waals surface area contributed by atoms with Crippen LogP contribution in [0.4, 0.5) is 22.0 Å². The summed E-state index contributed by atoms with van der Waals surface area (Å²) in [5.41, 5.74) is 1.79. The van der Waals surface area contributed by atoms with Crippen LogP contribution in [0.2, 0.25) is 0 Å². The first-order chi connectivity index (χ1) is 15.6. The summed E-state index contributed by atoms with van der Waals surface area (Å²) in [7, 11) is 8.38. The Kier molecular flexibility index (Phi) is 6.95. The monoisotopic (exact) mass is 448 g/mol. The molecule has 0 aliphatic heterocycles. The maximum absolute atomic E-state index is 12.9. The Labute approximate surface area is 193 Å². The molecule has 0 radical (unpaired) electrons. The lowest BCUT2D eigenvalue weighted by Gasteiger charge is -2.22. The lowest BCUT2D eigenvalue weighted by molar-refractivity contribution is 0.0953. The normalized spacial score (nSPS) is 10.9. The number of ether oxygens (including phenoxy) is 2. The minimum atomic E-state index is -0.688. The van der Waals surface area contributed by atoms with E-state index in [4.69, 9.17) is 9.26 Å². The number of anilines is 3. The van der Waals surface area contributed by atoms with Crippen molar-refractivity contribution in [1.29, 1.82) is 0 Å². The molecule has 11 nitrogen and oxygen atoms in total. The first-order valence-corrected chi connectivity index (χ1v) is 10.0. The fourth-order valence-corrected chi connectivity index (χ4v) is 2.96. The second kappa shape index (κ2) is 9.68. The van der Waals surface area contributed by atoms with Gasteiger partial charge in [0.1, 0.15) is 29.4 Å². The van der Waals surface area contributed by atoms with E-state index in [9.17, 15) is 9.59 Å². The van der Waals surface area contributed by atoms with E-state index in [1.807, 2.05) is 23.5 Å². The fourth-order valence-electron chi connectivity index (χ4n) is 2.96. The van der Waals surface area contributed by atoms with Gasteiger partial charge in [-0.3, -0.25) is 10.1 Å². The summed E-state index contributed by atoms with van der Waals surface area (Å²) < 4.78 is 15.3. The van der Waals surface area contributed by atoms with E-state index >= 15 is 0 Å². The number of nitrogens with one attached hydrogen (secondary N) is 3. The van der Waals surface area contributed by atoms with Gasteiger partial charge in [0.2, 0.25) is 11.7 Å². The zero-order valence-corrected chi connectivity index (χ0v) is 19.3. The van der Waals surface area contributed by atoms with Gasteiger partial charge in [-0.2, -0.15) is 4.98 Å². The summed E-state index contributed by atoms with van der Waals surface area (Å²) in [5.74, 6) is 1.08. The van der Waals surface area contributed by atoms with Gasteiger partial charge in [0, 0.05) is 19.2 Å². The van der Waals surface area contributed by atoms with E-state index in [0.717, 1.165) is 0 Å². The van der Waals surface area contributed by atoms with Crippen molar-refractivity contribution in [2.75, 3.05) is 24.9 Å². The number of aromatic nitrogens is 3. The lowest BCUT2D eigenvalue weighted by Crippen LogP contribution is -2.50. The third-order valence-electron chi connectivity index (χ3n) is 4.31. The van der Waals surface area contributed by atoms with Crippen molar-refractivity contribution in [3.63, 3.8) is 0 Å². The van der Waals surface area contributed by atoms with Crippen LogP contribution in [0.25, 0.3) is 11.4 Å². The van der Waals surface area contributed by atoms with Crippen LogP contribution in [0.5, 0.6) is 5.75 Å². The Morgan fingerprint density at radius 3 is 2.52 bits per heavy atom. The number of benzene rings is 1. The topological polar surface area (TPSA) is 140 Å². The maximum Gasteiger partial charge on any atom is 0.412 e. The van der Waals surface area contributed by atoms with Crippen molar-refractivity contribution in [2.45, 2.75) is 12.2 Å². The van der Waals surface area contributed by atoms with Crippen LogP contribution in [0, 0.1) is 6.92 Å². The van der Waals surface area contributed by atoms with Crippen molar-refractivity contribution < 1.29 is 23.6 Å². The molecule has 0 fully saturated rings. The highest BCUT2D eigenvalue weighted by molar-refractivity contribution is 6.60. The molecule has 0 spiro atoms. The van der Waals surface area contributed by atoms with Gasteiger partial charge in [-0.25, -0.2) is 9.78 Å². The molecule has 3 aromatic rings. The molecule has 0 unspecified atom stereocenters. The van der Waals surface area contributed by atoms with Crippen LogP contribution in [-0.2, 0) is 4.74 Å². The molecule has 1 aromatic carbocycles. The Morgan fingerprint density at radius 2 is 1.91 bits per heavy atom. The van der Waals surface area contributed by atoms with Crippen LogP contribution in [0.1, 0.15) is 16.2 Å². The molecule has 0 saturated carbocycles. The smallest absolute Gasteiger partial charge is 0.412 e. The maximum atomic E-state index is 12.9. The first kappa shape index (κ1) is 23.7. The zero-order chi connectivity index (χ0) is 24.2. The van der Waals surface area contributed by atoms with Crippen molar-refractivity contribution in [3.05, 3.63) is 41.9 Å². The molecular formula is C19H23B3N6O5. The van der Waals surface area contributed by atoms with Crippen molar-refractivity contribution in [2.24, 2.45) is 0 Å². The average Bonchev–Trinajstić information content (AvgIpc) is 3.18. The van der Waals surface area contributed by atoms with E-state index in [1.165, 1.54) is 26.5 Å². The minimum Gasteiger partial charge on any atom is -0.494 e. The van der Waals surface area contributed by atoms with E-state index in [1.54, 1.807) is 25.1 Å². The number of carbonyl (C=O) groups excluding carboxylic acids is 2. The average molecular weight is 448 g/mol. The first-order valence-electron chi connectivity index (χ1n) is 10.0. The molecule has 2 heterocycles. The van der Waals surface area contributed by atoms with Gasteiger partial charge >= 0.3 is 6.09 Å². The second-order valence-corrected chi connectivity index (χ2v) is 8.08. The van der Waals surface area contributed by atoms with Gasteiger partial charge in [-0.1, -0.05) is 11.2 Å². The van der Waals surface area contributed by atoms with Gasteiger partial charge in [-0.15, -0.1) is 0 Å². The van der Waals surface area contributed by atoms with Crippen LogP contribution >= 0.6 is 0 Å². The zero-order valence-electron chi connectivity index (χ0n) is 19.3. The number of pyridine rings is 1. The van der Waals surface area contributed by atoms with E-state index in [2.05, 4.69) is 35.8 Å². The number of hydrogen-bond acceptors (Lipinski definition) is 9. The van der Waals surface area contributed by atoms with Crippen molar-refractivity contribution in [3.8, 4) is 17.1 Å². The summed E-state index contributed by atoms with van der Waals surface area (Å²) >= 11 is 0.